The molecule has 178 valence electrons. The van der Waals surface area contributed by atoms with Crippen LogP contribution in [0.5, 0.6) is 5.75 Å². The first-order valence-electron chi connectivity index (χ1n) is 11.8. The zero-order valence-electron chi connectivity index (χ0n) is 20.0. The van der Waals surface area contributed by atoms with Crippen LogP contribution in [0.3, 0.4) is 0 Å². The Bertz CT molecular complexity index is 1350. The zero-order valence-corrected chi connectivity index (χ0v) is 20.0. The average Bonchev–Trinajstić information content (AvgIpc) is 3.32. The molecule has 4 aromatic rings. The number of hydrogen-bond donors (Lipinski definition) is 0. The van der Waals surface area contributed by atoms with Crippen molar-refractivity contribution in [1.82, 2.24) is 14.3 Å². The number of aryl methyl sites for hydroxylation is 1. The topological polar surface area (TPSA) is 67.2 Å². The number of nitrogens with zero attached hydrogens (tertiary/aromatic N) is 4. The quantitative estimate of drug-likeness (QED) is 0.393. The standard InChI is InChI=1S/C28H28N4O3/c1-20-4-3-13-32-18-24(29-27(20)32)19-35-26-11-7-23(8-12-26)28(34)31-16-14-30(15-17-31)25-9-5-22(6-10-25)21(2)33/h3-13,18H,14-17,19H2,1-2H3. The summed E-state index contributed by atoms with van der Waals surface area (Å²) in [5, 5.41) is 0. The summed E-state index contributed by atoms with van der Waals surface area (Å²) in [4.78, 5) is 33.2. The summed E-state index contributed by atoms with van der Waals surface area (Å²) < 4.78 is 7.90. The Hall–Kier alpha value is -4.13. The van der Waals surface area contributed by atoms with Crippen molar-refractivity contribution in [2.24, 2.45) is 0 Å². The SMILES string of the molecule is CC(=O)c1ccc(N2CCN(C(=O)c3ccc(OCc4cn5cccc(C)c5n4)cc3)CC2)cc1. The van der Waals surface area contributed by atoms with Crippen LogP contribution in [-0.4, -0.2) is 52.2 Å². The molecular formula is C28H28N4O3. The first-order valence-corrected chi connectivity index (χ1v) is 11.8. The number of amides is 1. The van der Waals surface area contributed by atoms with Crippen LogP contribution in [0.2, 0.25) is 0 Å². The Kier molecular flexibility index (Phi) is 6.23. The number of imidazole rings is 1. The molecule has 1 aliphatic rings. The summed E-state index contributed by atoms with van der Waals surface area (Å²) in [7, 11) is 0. The van der Waals surface area contributed by atoms with Crippen LogP contribution in [0.25, 0.3) is 5.65 Å². The van der Waals surface area contributed by atoms with E-state index >= 15 is 0 Å². The molecule has 0 N–H and O–H groups in total. The molecule has 0 radical (unpaired) electrons. The maximum atomic E-state index is 13.0. The smallest absolute Gasteiger partial charge is 0.253 e. The minimum absolute atomic E-state index is 0.0268. The average molecular weight is 469 g/mol. The Morgan fingerprint density at radius 2 is 1.60 bits per heavy atom. The van der Waals surface area contributed by atoms with Crippen molar-refractivity contribution in [3.8, 4) is 5.75 Å². The second-order valence-electron chi connectivity index (χ2n) is 8.85. The molecule has 0 aliphatic carbocycles. The summed E-state index contributed by atoms with van der Waals surface area (Å²) in [5.74, 6) is 0.793. The van der Waals surface area contributed by atoms with Crippen LogP contribution in [0.1, 0.15) is 38.9 Å². The third-order valence-corrected chi connectivity index (χ3v) is 6.42. The van der Waals surface area contributed by atoms with E-state index in [-0.39, 0.29) is 11.7 Å². The molecule has 1 aliphatic heterocycles. The normalized spacial score (nSPS) is 13.8. The van der Waals surface area contributed by atoms with Gasteiger partial charge in [-0.25, -0.2) is 4.98 Å². The van der Waals surface area contributed by atoms with E-state index in [9.17, 15) is 9.59 Å². The number of aromatic nitrogens is 2. The number of hydrogen-bond acceptors (Lipinski definition) is 5. The lowest BCUT2D eigenvalue weighted by Crippen LogP contribution is -2.48. The second-order valence-corrected chi connectivity index (χ2v) is 8.85. The number of Topliss-reactive ketones (excluding diaryl/α,β-unsaturated/α-hetero) is 1. The number of ether oxygens (including phenoxy) is 1. The molecule has 0 spiro atoms. The molecule has 1 amide bonds. The molecule has 5 rings (SSSR count). The summed E-state index contributed by atoms with van der Waals surface area (Å²) in [6, 6.07) is 19.0. The lowest BCUT2D eigenvalue weighted by molar-refractivity contribution is 0.0746. The van der Waals surface area contributed by atoms with E-state index in [0.717, 1.165) is 35.7 Å². The maximum absolute atomic E-state index is 13.0. The van der Waals surface area contributed by atoms with Gasteiger partial charge in [0.1, 0.15) is 18.0 Å². The molecule has 0 unspecified atom stereocenters. The van der Waals surface area contributed by atoms with Crippen molar-refractivity contribution in [2.45, 2.75) is 20.5 Å². The fraction of sp³-hybridized carbons (Fsp3) is 0.250. The van der Waals surface area contributed by atoms with Gasteiger partial charge in [0, 0.05) is 55.4 Å². The van der Waals surface area contributed by atoms with Gasteiger partial charge in [0.2, 0.25) is 0 Å². The van der Waals surface area contributed by atoms with Gasteiger partial charge >= 0.3 is 0 Å². The number of anilines is 1. The third kappa shape index (κ3) is 4.89. The molecule has 0 bridgehead atoms. The molecule has 1 fully saturated rings. The van der Waals surface area contributed by atoms with E-state index in [4.69, 9.17) is 4.74 Å². The molecule has 1 saturated heterocycles. The Balaban J connectivity index is 1.15. The van der Waals surface area contributed by atoms with Gasteiger partial charge < -0.3 is 18.9 Å². The van der Waals surface area contributed by atoms with E-state index in [1.165, 1.54) is 0 Å². The number of piperazine rings is 1. The predicted octanol–water partition coefficient (Wildman–Crippen LogP) is 4.39. The van der Waals surface area contributed by atoms with E-state index in [1.54, 1.807) is 6.92 Å². The van der Waals surface area contributed by atoms with Gasteiger partial charge in [-0.3, -0.25) is 9.59 Å². The molecule has 3 heterocycles. The number of carbonyl (C=O) groups excluding carboxylic acids is 2. The fourth-order valence-electron chi connectivity index (χ4n) is 4.38. The highest BCUT2D eigenvalue weighted by atomic mass is 16.5. The summed E-state index contributed by atoms with van der Waals surface area (Å²) in [6.07, 6.45) is 3.95. The van der Waals surface area contributed by atoms with E-state index < -0.39 is 0 Å². The molecule has 2 aromatic heterocycles. The van der Waals surface area contributed by atoms with Crippen molar-refractivity contribution in [3.63, 3.8) is 0 Å². The zero-order chi connectivity index (χ0) is 24.4. The minimum atomic E-state index is 0.0268. The van der Waals surface area contributed by atoms with Crippen LogP contribution in [0.4, 0.5) is 5.69 Å². The van der Waals surface area contributed by atoms with Crippen LogP contribution in [0.15, 0.2) is 73.1 Å². The van der Waals surface area contributed by atoms with Crippen LogP contribution >= 0.6 is 0 Å². The Labute approximate surface area is 204 Å². The van der Waals surface area contributed by atoms with Gasteiger partial charge in [-0.1, -0.05) is 6.07 Å². The second kappa shape index (κ2) is 9.62. The van der Waals surface area contributed by atoms with Crippen molar-refractivity contribution >= 4 is 23.0 Å². The fourth-order valence-corrected chi connectivity index (χ4v) is 4.38. The number of pyridine rings is 1. The van der Waals surface area contributed by atoms with Crippen LogP contribution < -0.4 is 9.64 Å². The third-order valence-electron chi connectivity index (χ3n) is 6.42. The number of fused-ring (bicyclic) bond motifs is 1. The number of rotatable bonds is 6. The first kappa shape index (κ1) is 22.7. The molecule has 7 nitrogen and oxygen atoms in total. The Morgan fingerprint density at radius 1 is 0.914 bits per heavy atom. The maximum Gasteiger partial charge on any atom is 0.253 e. The van der Waals surface area contributed by atoms with Gasteiger partial charge in [0.05, 0.1) is 5.69 Å². The Morgan fingerprint density at radius 3 is 2.26 bits per heavy atom. The molecule has 2 aromatic carbocycles. The van der Waals surface area contributed by atoms with Gasteiger partial charge in [-0.15, -0.1) is 0 Å². The van der Waals surface area contributed by atoms with Gasteiger partial charge in [0.15, 0.2) is 5.78 Å². The summed E-state index contributed by atoms with van der Waals surface area (Å²) in [5.41, 5.74) is 5.34. The molecule has 35 heavy (non-hydrogen) atoms. The minimum Gasteiger partial charge on any atom is -0.487 e. The van der Waals surface area contributed by atoms with E-state index in [2.05, 4.69) is 9.88 Å². The van der Waals surface area contributed by atoms with Crippen LogP contribution in [-0.2, 0) is 6.61 Å². The first-order chi connectivity index (χ1) is 17.0. The summed E-state index contributed by atoms with van der Waals surface area (Å²) in [6.45, 7) is 6.78. The van der Waals surface area contributed by atoms with Gasteiger partial charge in [-0.05, 0) is 74.0 Å². The van der Waals surface area contributed by atoms with Crippen LogP contribution in [0, 0.1) is 6.92 Å². The molecule has 7 heteroatoms. The predicted molar refractivity (Wildman–Crippen MR) is 135 cm³/mol. The number of benzene rings is 2. The molecule has 0 atom stereocenters. The monoisotopic (exact) mass is 468 g/mol. The van der Waals surface area contributed by atoms with E-state index in [1.807, 2.05) is 89.3 Å². The summed E-state index contributed by atoms with van der Waals surface area (Å²) >= 11 is 0. The number of carbonyl (C=O) groups is 2. The lowest BCUT2D eigenvalue weighted by Gasteiger charge is -2.36. The largest absolute Gasteiger partial charge is 0.487 e. The van der Waals surface area contributed by atoms with E-state index in [0.29, 0.717) is 36.6 Å². The van der Waals surface area contributed by atoms with Crippen molar-refractivity contribution in [3.05, 3.63) is 95.4 Å². The molecular weight excluding hydrogens is 440 g/mol. The highest BCUT2D eigenvalue weighted by molar-refractivity contribution is 5.95. The van der Waals surface area contributed by atoms with Gasteiger partial charge in [-0.2, -0.15) is 0 Å². The van der Waals surface area contributed by atoms with Crippen molar-refractivity contribution in [1.29, 1.82) is 0 Å². The van der Waals surface area contributed by atoms with Crippen molar-refractivity contribution < 1.29 is 14.3 Å². The highest BCUT2D eigenvalue weighted by Gasteiger charge is 2.22. The highest BCUT2D eigenvalue weighted by Crippen LogP contribution is 2.20. The number of ketones is 1. The molecule has 0 saturated carbocycles. The van der Waals surface area contributed by atoms with Gasteiger partial charge in [0.25, 0.3) is 5.91 Å². The van der Waals surface area contributed by atoms with Crippen molar-refractivity contribution in [2.75, 3.05) is 31.1 Å². The lowest BCUT2D eigenvalue weighted by atomic mass is 10.1.